The second-order valence-corrected chi connectivity index (χ2v) is 16.4. The molecule has 2 aromatic rings. The lowest BCUT2D eigenvalue weighted by molar-refractivity contribution is 0.0892. The second-order valence-electron chi connectivity index (χ2n) is 14.6. The Morgan fingerprint density at radius 3 is 2.33 bits per heavy atom. The number of rotatable bonds is 8. The summed E-state index contributed by atoms with van der Waals surface area (Å²) in [5.41, 5.74) is 12.2. The Balaban J connectivity index is 1.28. The molecule has 4 aliphatic rings. The summed E-state index contributed by atoms with van der Waals surface area (Å²) in [7, 11) is -2.15. The third kappa shape index (κ3) is 5.69. The van der Waals surface area contributed by atoms with Gasteiger partial charge in [-0.1, -0.05) is 26.8 Å². The van der Waals surface area contributed by atoms with Crippen molar-refractivity contribution in [2.24, 2.45) is 5.92 Å². The largest absolute Gasteiger partial charge is 0.492 e. The summed E-state index contributed by atoms with van der Waals surface area (Å²) >= 11 is 0. The summed E-state index contributed by atoms with van der Waals surface area (Å²) in [5, 5.41) is 4.87. The minimum atomic E-state index is -3.59. The van der Waals surface area contributed by atoms with E-state index in [1.165, 1.54) is 20.0 Å². The Morgan fingerprint density at radius 1 is 1.04 bits per heavy atom. The van der Waals surface area contributed by atoms with Gasteiger partial charge >= 0.3 is 0 Å². The fraction of sp³-hybridized carbons (Fsp3) is 0.485. The number of anilines is 3. The van der Waals surface area contributed by atoms with Gasteiger partial charge in [0, 0.05) is 23.2 Å². The summed E-state index contributed by atoms with van der Waals surface area (Å²) in [4.78, 5) is 18.7. The van der Waals surface area contributed by atoms with Gasteiger partial charge in [0.05, 0.1) is 54.6 Å². The molecule has 0 spiro atoms. The number of hydrazine groups is 2. The first-order chi connectivity index (χ1) is 20.9. The lowest BCUT2D eigenvalue weighted by Crippen LogP contribution is -2.51. The summed E-state index contributed by atoms with van der Waals surface area (Å²) in [6, 6.07) is 9.09. The Hall–Kier alpha value is -3.90. The minimum absolute atomic E-state index is 0.0500. The topological polar surface area (TPSA) is 118 Å². The molecule has 2 fully saturated rings. The molecule has 12 heteroatoms. The Morgan fingerprint density at radius 2 is 1.73 bits per heavy atom. The highest BCUT2D eigenvalue weighted by Crippen LogP contribution is 2.61. The van der Waals surface area contributed by atoms with Crippen LogP contribution in [0, 0.1) is 12.8 Å². The summed E-state index contributed by atoms with van der Waals surface area (Å²) in [5.74, 6) is 0.590. The van der Waals surface area contributed by atoms with Crippen LogP contribution in [0.25, 0.3) is 0 Å². The molecular weight excluding hydrogens is 590 g/mol. The number of aryl methyl sites for hydroxylation is 1. The smallest absolute Gasteiger partial charge is 0.255 e. The first-order valence-electron chi connectivity index (χ1n) is 15.4. The number of fused-ring (bicyclic) bond motifs is 1. The van der Waals surface area contributed by atoms with E-state index in [9.17, 15) is 13.2 Å². The number of methoxy groups -OCH3 is 1. The summed E-state index contributed by atoms with van der Waals surface area (Å²) in [6.45, 7) is 15.9. The number of carbonyl (C=O) groups excluding carboxylic acids is 1. The van der Waals surface area contributed by atoms with E-state index in [2.05, 4.69) is 57.8 Å². The average molecular weight is 636 g/mol. The fourth-order valence-electron chi connectivity index (χ4n) is 6.64. The molecular formula is C33H45N7O4S. The maximum absolute atomic E-state index is 13.7. The Labute approximate surface area is 266 Å². The lowest BCUT2D eigenvalue weighted by Gasteiger charge is -2.42. The van der Waals surface area contributed by atoms with E-state index < -0.39 is 10.0 Å². The SMILES string of the molecule is COc1c(NC(=O)c2ccc(C)c(N3C=C(C4=CN5CC5(C5CC5)N4C(C)(C)C)NN3)c2)cc(C(C)(C)C)cc1NS(C)(=O)=O. The minimum Gasteiger partial charge on any atom is -0.492 e. The molecule has 0 bridgehead atoms. The van der Waals surface area contributed by atoms with Crippen molar-refractivity contribution in [3.63, 3.8) is 0 Å². The molecule has 1 saturated carbocycles. The standard InChI is InChI=1S/C33H45N7O4S/c1-20-10-11-21(30(41)34-24-15-23(31(2,3)4)16-25(29(24)44-8)36-45(9,42)43)14-27(20)39-17-26(35-37-39)28-18-38-19-33(38,22-12-13-22)40(28)32(5,6)7/h10-11,14-18,22,35-37H,12-13,19H2,1-9H3,(H,34,41). The van der Waals surface area contributed by atoms with Crippen molar-refractivity contribution in [3.05, 3.63) is 70.8 Å². The fourth-order valence-corrected chi connectivity index (χ4v) is 7.19. The van der Waals surface area contributed by atoms with E-state index in [0.717, 1.165) is 41.0 Å². The third-order valence-corrected chi connectivity index (χ3v) is 9.47. The Bertz CT molecular complexity index is 1730. The Kier molecular flexibility index (Phi) is 7.13. The molecule has 0 radical (unpaired) electrons. The van der Waals surface area contributed by atoms with E-state index in [1.54, 1.807) is 12.1 Å². The summed E-state index contributed by atoms with van der Waals surface area (Å²) in [6.07, 6.45) is 7.95. The number of ether oxygens (including phenoxy) is 1. The number of benzene rings is 2. The van der Waals surface area contributed by atoms with Gasteiger partial charge in [-0.3, -0.25) is 20.0 Å². The van der Waals surface area contributed by atoms with Crippen LogP contribution in [-0.2, 0) is 15.4 Å². The van der Waals surface area contributed by atoms with Crippen molar-refractivity contribution in [2.75, 3.05) is 35.0 Å². The van der Waals surface area contributed by atoms with Gasteiger partial charge in [0.15, 0.2) is 5.75 Å². The molecule has 1 aliphatic carbocycles. The molecule has 1 unspecified atom stereocenters. The maximum atomic E-state index is 13.7. The van der Waals surface area contributed by atoms with Crippen LogP contribution < -0.4 is 30.7 Å². The van der Waals surface area contributed by atoms with Crippen molar-refractivity contribution < 1.29 is 17.9 Å². The van der Waals surface area contributed by atoms with Crippen LogP contribution in [0.3, 0.4) is 0 Å². The maximum Gasteiger partial charge on any atom is 0.255 e. The van der Waals surface area contributed by atoms with Gasteiger partial charge in [-0.2, -0.15) is 0 Å². The molecule has 2 aromatic carbocycles. The van der Waals surface area contributed by atoms with Gasteiger partial charge < -0.3 is 19.9 Å². The van der Waals surface area contributed by atoms with E-state index >= 15 is 0 Å². The lowest BCUT2D eigenvalue weighted by atomic mass is 9.86. The van der Waals surface area contributed by atoms with E-state index in [-0.39, 0.29) is 34.0 Å². The van der Waals surface area contributed by atoms with Crippen molar-refractivity contribution >= 4 is 33.0 Å². The molecule has 1 amide bonds. The molecule has 0 aromatic heterocycles. The van der Waals surface area contributed by atoms with E-state index in [1.807, 2.05) is 57.1 Å². The number of amides is 1. The number of carbonyl (C=O) groups is 1. The van der Waals surface area contributed by atoms with Gasteiger partial charge in [0.2, 0.25) is 10.0 Å². The van der Waals surface area contributed by atoms with E-state index in [0.29, 0.717) is 17.2 Å². The zero-order chi connectivity index (χ0) is 32.7. The number of sulfonamides is 1. The van der Waals surface area contributed by atoms with Crippen molar-refractivity contribution in [3.8, 4) is 5.75 Å². The molecule has 1 saturated heterocycles. The average Bonchev–Trinajstić information content (AvgIpc) is 3.81. The van der Waals surface area contributed by atoms with Gasteiger partial charge in [-0.05, 0) is 81.3 Å². The summed E-state index contributed by atoms with van der Waals surface area (Å²) < 4.78 is 32.4. The quantitative estimate of drug-likeness (QED) is 0.298. The molecule has 4 N–H and O–H groups in total. The van der Waals surface area contributed by atoms with Gasteiger partial charge in [-0.25, -0.2) is 8.42 Å². The predicted molar refractivity (Wildman–Crippen MR) is 178 cm³/mol. The number of nitrogens with zero attached hydrogens (tertiary/aromatic N) is 3. The molecule has 1 atom stereocenters. The van der Waals surface area contributed by atoms with Crippen LogP contribution in [0.4, 0.5) is 17.1 Å². The van der Waals surface area contributed by atoms with Crippen LogP contribution >= 0.6 is 0 Å². The molecule has 3 aliphatic heterocycles. The predicted octanol–water partition coefficient (Wildman–Crippen LogP) is 4.97. The molecule has 6 rings (SSSR count). The van der Waals surface area contributed by atoms with Crippen molar-refractivity contribution in [1.29, 1.82) is 0 Å². The molecule has 3 heterocycles. The van der Waals surface area contributed by atoms with Crippen LogP contribution in [0.2, 0.25) is 0 Å². The van der Waals surface area contributed by atoms with Crippen molar-refractivity contribution in [1.82, 2.24) is 20.8 Å². The zero-order valence-corrected chi connectivity index (χ0v) is 28.4. The van der Waals surface area contributed by atoms with Gasteiger partial charge in [0.25, 0.3) is 5.91 Å². The van der Waals surface area contributed by atoms with Gasteiger partial charge in [-0.15, -0.1) is 5.53 Å². The molecule has 11 nitrogen and oxygen atoms in total. The van der Waals surface area contributed by atoms with Crippen molar-refractivity contribution in [2.45, 2.75) is 77.9 Å². The molecule has 242 valence electrons. The van der Waals surface area contributed by atoms with Crippen LogP contribution in [0.1, 0.15) is 75.9 Å². The highest BCUT2D eigenvalue weighted by molar-refractivity contribution is 7.92. The highest BCUT2D eigenvalue weighted by atomic mass is 32.2. The van der Waals surface area contributed by atoms with Crippen LogP contribution in [0.15, 0.2) is 54.1 Å². The third-order valence-electron chi connectivity index (χ3n) is 8.88. The first-order valence-corrected chi connectivity index (χ1v) is 17.3. The second kappa shape index (κ2) is 10.3. The van der Waals surface area contributed by atoms with Crippen LogP contribution in [0.5, 0.6) is 5.75 Å². The number of hydrogen-bond donors (Lipinski definition) is 4. The number of nitrogens with one attached hydrogen (secondary N) is 4. The monoisotopic (exact) mass is 635 g/mol. The normalized spacial score (nSPS) is 21.2. The molecule has 45 heavy (non-hydrogen) atoms. The highest BCUT2D eigenvalue weighted by Gasteiger charge is 2.69. The number of hydrogen-bond acceptors (Lipinski definition) is 9. The zero-order valence-electron chi connectivity index (χ0n) is 27.6. The first kappa shape index (κ1) is 31.1. The van der Waals surface area contributed by atoms with E-state index in [4.69, 9.17) is 4.74 Å². The van der Waals surface area contributed by atoms with Crippen LogP contribution in [-0.4, -0.2) is 55.2 Å². The van der Waals surface area contributed by atoms with Gasteiger partial charge in [0.1, 0.15) is 5.66 Å².